The molecule has 0 atom stereocenters. The van der Waals surface area contributed by atoms with Crippen LogP contribution in [0.15, 0.2) is 67.3 Å². The molecule has 0 amide bonds. The highest BCUT2D eigenvalue weighted by atomic mass is 35.5. The summed E-state index contributed by atoms with van der Waals surface area (Å²) in [6.45, 7) is 1.70. The zero-order valence-electron chi connectivity index (χ0n) is 26.9. The van der Waals surface area contributed by atoms with Crippen LogP contribution in [0, 0.1) is 6.92 Å². The van der Waals surface area contributed by atoms with Gasteiger partial charge in [0.05, 0.1) is 17.3 Å². The van der Waals surface area contributed by atoms with E-state index in [1.165, 1.54) is 44.2 Å². The van der Waals surface area contributed by atoms with Gasteiger partial charge in [0.15, 0.2) is 21.4 Å². The highest BCUT2D eigenvalue weighted by Crippen LogP contribution is 2.33. The van der Waals surface area contributed by atoms with Crippen LogP contribution in [-0.4, -0.2) is 84.3 Å². The first-order chi connectivity index (χ1) is 24.5. The van der Waals surface area contributed by atoms with E-state index in [9.17, 15) is 52.7 Å². The molecule has 0 fully saturated rings. The number of hydrogen-bond acceptors (Lipinski definition) is 18. The fourth-order valence-corrected chi connectivity index (χ4v) is 7.42. The summed E-state index contributed by atoms with van der Waals surface area (Å²) in [6.07, 6.45) is 0. The monoisotopic (exact) mass is 838 g/mol. The summed E-state index contributed by atoms with van der Waals surface area (Å²) in [5.41, 5.74) is -2.24. The van der Waals surface area contributed by atoms with E-state index in [0.717, 1.165) is 16.7 Å². The third-order valence-corrected chi connectivity index (χ3v) is 10.7. The normalized spacial score (nSPS) is 12.6. The second kappa shape index (κ2) is 15.7. The van der Waals surface area contributed by atoms with E-state index in [-0.39, 0.29) is 51.1 Å². The third-order valence-electron chi connectivity index (χ3n) is 6.84. The largest absolute Gasteiger partial charge is 0.494 e. The number of benzene rings is 2. The molecule has 0 spiro atoms. The number of aromatic hydroxyl groups is 1. The summed E-state index contributed by atoms with van der Waals surface area (Å²) in [4.78, 5) is 24.1. The molecule has 0 aliphatic heterocycles. The van der Waals surface area contributed by atoms with Crippen LogP contribution in [0.1, 0.15) is 18.1 Å². The number of nitrogens with zero attached hydrogens (tertiary/aromatic N) is 6. The summed E-state index contributed by atoms with van der Waals surface area (Å²) >= 11 is 6.06. The van der Waals surface area contributed by atoms with Gasteiger partial charge in [-0.1, -0.05) is 0 Å². The smallest absolute Gasteiger partial charge is 0.397 e. The van der Waals surface area contributed by atoms with Crippen LogP contribution >= 0.6 is 11.6 Å². The van der Waals surface area contributed by atoms with Crippen molar-refractivity contribution in [3.05, 3.63) is 69.2 Å². The number of rotatable bonds is 15. The van der Waals surface area contributed by atoms with E-state index in [1.807, 2.05) is 0 Å². The number of pyridine rings is 1. The molecule has 27 heteroatoms. The van der Waals surface area contributed by atoms with Crippen molar-refractivity contribution in [2.24, 2.45) is 10.2 Å². The first kappa shape index (κ1) is 41.1. The van der Waals surface area contributed by atoms with Gasteiger partial charge in [-0.05, 0) is 73.5 Å². The van der Waals surface area contributed by atoms with Gasteiger partial charge in [0.25, 0.3) is 25.8 Å². The molecule has 4 rings (SSSR count). The Bertz CT molecular complexity index is 2600. The van der Waals surface area contributed by atoms with Crippen molar-refractivity contribution in [2.75, 3.05) is 23.0 Å². The molecule has 2 aromatic carbocycles. The van der Waals surface area contributed by atoms with Crippen molar-refractivity contribution < 1.29 is 56.6 Å². The molecule has 0 bridgehead atoms. The van der Waals surface area contributed by atoms with E-state index in [0.29, 0.717) is 0 Å². The van der Waals surface area contributed by atoms with Gasteiger partial charge in [0.1, 0.15) is 16.3 Å². The molecule has 22 nitrogen and oxygen atoms in total. The Kier molecular flexibility index (Phi) is 12.2. The van der Waals surface area contributed by atoms with Crippen molar-refractivity contribution >= 4 is 86.7 Å². The van der Waals surface area contributed by atoms with Gasteiger partial charge in [0, 0.05) is 23.5 Å². The van der Waals surface area contributed by atoms with Gasteiger partial charge < -0.3 is 15.7 Å². The summed E-state index contributed by atoms with van der Waals surface area (Å²) in [5, 5.41) is 23.2. The molecule has 53 heavy (non-hydrogen) atoms. The lowest BCUT2D eigenvalue weighted by molar-refractivity contribution is 0.284. The van der Waals surface area contributed by atoms with Crippen molar-refractivity contribution in [2.45, 2.75) is 35.9 Å². The van der Waals surface area contributed by atoms with E-state index in [2.05, 4.69) is 40.0 Å². The number of sulfone groups is 1. The number of halogens is 1. The maximum Gasteiger partial charge on any atom is 0.397 e. The molecule has 0 aliphatic rings. The fraction of sp³-hybridized carbons (Fsp3) is 0.231. The topological polar surface area (TPSA) is 336 Å². The molecule has 0 radical (unpaired) electrons. The van der Waals surface area contributed by atoms with Crippen molar-refractivity contribution in [3.8, 4) is 5.88 Å². The molecule has 2 heterocycles. The molecule has 0 unspecified atom stereocenters. The van der Waals surface area contributed by atoms with Crippen molar-refractivity contribution in [1.82, 2.24) is 19.5 Å². The highest BCUT2D eigenvalue weighted by Gasteiger charge is 2.23. The molecule has 0 saturated carbocycles. The number of anilines is 4. The number of aromatic nitrogens is 4. The summed E-state index contributed by atoms with van der Waals surface area (Å²) < 4.78 is 126. The predicted octanol–water partition coefficient (Wildman–Crippen LogP) is 2.85. The average Bonchev–Trinajstić information content (AvgIpc) is 3.01. The molecule has 286 valence electrons. The maximum absolute atomic E-state index is 13.1. The van der Waals surface area contributed by atoms with Crippen LogP contribution in [0.4, 0.5) is 34.6 Å². The molecule has 4 aromatic rings. The molecule has 2 aromatic heterocycles. The Morgan fingerprint density at radius 2 is 1.45 bits per heavy atom. The number of azo groups is 1. The fourth-order valence-electron chi connectivity index (χ4n) is 4.45. The van der Waals surface area contributed by atoms with E-state index in [1.54, 1.807) is 0 Å². The Balaban J connectivity index is 1.64. The molecular weight excluding hydrogens is 812 g/mol. The average molecular weight is 839 g/mol. The van der Waals surface area contributed by atoms with Crippen LogP contribution in [0.2, 0.25) is 5.28 Å². The van der Waals surface area contributed by atoms with Crippen LogP contribution in [0.3, 0.4) is 0 Å². The molecular formula is C26H27ClN8O14S4. The highest BCUT2D eigenvalue weighted by molar-refractivity contribution is 7.91. The minimum absolute atomic E-state index is 0.0348. The lowest BCUT2D eigenvalue weighted by Gasteiger charge is -2.14. The Labute approximate surface area is 306 Å². The summed E-state index contributed by atoms with van der Waals surface area (Å²) in [5.74, 6) is -2.95. The third kappa shape index (κ3) is 10.9. The van der Waals surface area contributed by atoms with Crippen molar-refractivity contribution in [1.29, 1.82) is 0 Å². The van der Waals surface area contributed by atoms with Crippen LogP contribution in [0.25, 0.3) is 0 Å². The Hall–Kier alpha value is -4.67. The summed E-state index contributed by atoms with van der Waals surface area (Å²) in [6, 6.07) is 8.18. The number of nitrogens with one attached hydrogen (secondary N) is 2. The van der Waals surface area contributed by atoms with E-state index < -0.39 is 86.3 Å². The number of hydrogen-bond donors (Lipinski definition) is 6. The van der Waals surface area contributed by atoms with Gasteiger partial charge in [0.2, 0.25) is 17.2 Å². The van der Waals surface area contributed by atoms with E-state index in [4.69, 9.17) is 16.2 Å². The van der Waals surface area contributed by atoms with Crippen molar-refractivity contribution in [3.63, 3.8) is 0 Å². The zero-order valence-corrected chi connectivity index (χ0v) is 31.0. The van der Waals surface area contributed by atoms with E-state index >= 15 is 0 Å². The SMILES string of the molecule is CCn1c(O)c(CS(=O)(=O)O)c(C)c(N=Nc2cc(Nc3nc(Cl)nc(Nc4ccc(S(=O)(=O)CCOS(=O)(=O)O)cc4)n3)ccc2S(=O)(=O)O)c1=O. The lowest BCUT2D eigenvalue weighted by atomic mass is 10.1. The predicted molar refractivity (Wildman–Crippen MR) is 186 cm³/mol. The Morgan fingerprint density at radius 1 is 0.868 bits per heavy atom. The quantitative estimate of drug-likeness (QED) is 0.0740. The first-order valence-electron chi connectivity index (χ1n) is 14.3. The van der Waals surface area contributed by atoms with Crippen LogP contribution in [0.5, 0.6) is 5.88 Å². The van der Waals surface area contributed by atoms with Gasteiger partial charge >= 0.3 is 10.4 Å². The summed E-state index contributed by atoms with van der Waals surface area (Å²) in [7, 11) is -18.5. The zero-order chi connectivity index (χ0) is 39.5. The van der Waals surface area contributed by atoms with Gasteiger partial charge in [-0.2, -0.15) is 40.2 Å². The minimum atomic E-state index is -4.94. The van der Waals surface area contributed by atoms with Crippen LogP contribution in [-0.2, 0) is 57.0 Å². The molecule has 0 saturated heterocycles. The molecule has 6 N–H and O–H groups in total. The van der Waals surface area contributed by atoms with Gasteiger partial charge in [-0.3, -0.25) is 23.0 Å². The molecule has 0 aliphatic carbocycles. The first-order valence-corrected chi connectivity index (χ1v) is 20.8. The minimum Gasteiger partial charge on any atom is -0.494 e. The Morgan fingerprint density at radius 3 is 2.00 bits per heavy atom. The standard InChI is InChI=1S/C26H27ClN8O14S4/c1-3-35-22(36)18(13-51(40,41)42)14(2)21(23(35)37)34-33-19-12-16(6-9-20(19)52(43,44)45)29-26-31-24(27)30-25(32-26)28-15-4-7-17(8-5-15)50(38,39)11-10-49-53(46,47)48/h4-9,12,36H,3,10-11,13H2,1-2H3,(H,40,41,42)(H,43,44,45)(H,46,47,48)(H2,28,29,30,31,32). The lowest BCUT2D eigenvalue weighted by Crippen LogP contribution is -2.22. The van der Waals surface area contributed by atoms with Crippen LogP contribution < -0.4 is 16.2 Å². The van der Waals surface area contributed by atoms with Gasteiger partial charge in [-0.25, -0.2) is 12.6 Å². The second-order valence-electron chi connectivity index (χ2n) is 10.5. The maximum atomic E-state index is 13.1. The van der Waals surface area contributed by atoms with Gasteiger partial charge in [-0.15, -0.1) is 10.2 Å². The second-order valence-corrected chi connectivity index (χ2v) is 16.9.